The molecule has 0 aliphatic carbocycles. The van der Waals surface area contributed by atoms with Gasteiger partial charge in [0.1, 0.15) is 6.61 Å². The Morgan fingerprint density at radius 2 is 1.89 bits per heavy atom. The summed E-state index contributed by atoms with van der Waals surface area (Å²) in [6, 6.07) is 11.4. The van der Waals surface area contributed by atoms with Gasteiger partial charge in [0.2, 0.25) is 0 Å². The highest BCUT2D eigenvalue weighted by Gasteiger charge is 2.12. The first-order valence-electron chi connectivity index (χ1n) is 9.05. The number of halogens is 2. The smallest absolute Gasteiger partial charge is 0.180 e. The summed E-state index contributed by atoms with van der Waals surface area (Å²) >= 11 is 12.4. The van der Waals surface area contributed by atoms with Gasteiger partial charge >= 0.3 is 0 Å². The summed E-state index contributed by atoms with van der Waals surface area (Å²) in [4.78, 5) is 0. The van der Waals surface area contributed by atoms with E-state index in [9.17, 15) is 0 Å². The molecule has 0 aliphatic rings. The molecule has 1 N–H and O–H groups in total. The number of ether oxygens (including phenoxy) is 3. The normalized spacial score (nSPS) is 11.0. The molecule has 0 saturated carbocycles. The van der Waals surface area contributed by atoms with Crippen LogP contribution in [0.4, 0.5) is 0 Å². The summed E-state index contributed by atoms with van der Waals surface area (Å²) in [7, 11) is 1.61. The lowest BCUT2D eigenvalue weighted by molar-refractivity contribution is 0.0770. The second-order valence-electron chi connectivity index (χ2n) is 6.48. The van der Waals surface area contributed by atoms with E-state index in [4.69, 9.17) is 37.4 Å². The fraction of sp³-hybridized carbons (Fsp3) is 0.429. The molecule has 0 amide bonds. The van der Waals surface area contributed by atoms with Crippen molar-refractivity contribution in [2.45, 2.75) is 39.5 Å². The third-order valence-electron chi connectivity index (χ3n) is 3.84. The standard InChI is InChI=1S/C21H27Cl2NO3/c1-15(2)26-9-5-8-24-13-17-11-19(23)21(20(12-17)25-3)27-14-16-6-4-7-18(22)10-16/h4,6-7,10-12,15,24H,5,8-9,13-14H2,1-3H3. The summed E-state index contributed by atoms with van der Waals surface area (Å²) < 4.78 is 16.9. The summed E-state index contributed by atoms with van der Waals surface area (Å²) in [6.07, 6.45) is 1.23. The molecule has 2 aromatic carbocycles. The molecule has 0 fully saturated rings. The van der Waals surface area contributed by atoms with Gasteiger partial charge in [0.05, 0.1) is 18.2 Å². The largest absolute Gasteiger partial charge is 0.493 e. The molecule has 2 aromatic rings. The van der Waals surface area contributed by atoms with E-state index in [-0.39, 0.29) is 6.10 Å². The number of methoxy groups -OCH3 is 1. The monoisotopic (exact) mass is 411 g/mol. The van der Waals surface area contributed by atoms with Gasteiger partial charge < -0.3 is 19.5 Å². The minimum absolute atomic E-state index is 0.271. The van der Waals surface area contributed by atoms with Gasteiger partial charge in [0.15, 0.2) is 11.5 Å². The molecular weight excluding hydrogens is 385 g/mol. The van der Waals surface area contributed by atoms with E-state index in [1.54, 1.807) is 7.11 Å². The molecule has 6 heteroatoms. The minimum Gasteiger partial charge on any atom is -0.493 e. The van der Waals surface area contributed by atoms with E-state index in [2.05, 4.69) is 5.32 Å². The Bertz CT molecular complexity index is 723. The first-order chi connectivity index (χ1) is 13.0. The van der Waals surface area contributed by atoms with Gasteiger partial charge in [-0.1, -0.05) is 35.3 Å². The van der Waals surface area contributed by atoms with Crippen molar-refractivity contribution in [2.24, 2.45) is 0 Å². The molecule has 0 unspecified atom stereocenters. The highest BCUT2D eigenvalue weighted by atomic mass is 35.5. The van der Waals surface area contributed by atoms with E-state index in [0.29, 0.717) is 34.7 Å². The van der Waals surface area contributed by atoms with Gasteiger partial charge in [-0.2, -0.15) is 0 Å². The Labute approximate surface area is 171 Å². The van der Waals surface area contributed by atoms with Crippen LogP contribution in [0.3, 0.4) is 0 Å². The average molecular weight is 412 g/mol. The van der Waals surface area contributed by atoms with E-state index >= 15 is 0 Å². The Balaban J connectivity index is 1.91. The summed E-state index contributed by atoms with van der Waals surface area (Å²) in [6.45, 7) is 6.77. The zero-order chi connectivity index (χ0) is 19.6. The van der Waals surface area contributed by atoms with Crippen LogP contribution in [-0.2, 0) is 17.9 Å². The molecule has 0 heterocycles. The molecule has 2 rings (SSSR count). The van der Waals surface area contributed by atoms with Crippen LogP contribution >= 0.6 is 23.2 Å². The molecule has 0 aliphatic heterocycles. The number of rotatable bonds is 11. The molecule has 0 aromatic heterocycles. The van der Waals surface area contributed by atoms with E-state index in [1.807, 2.05) is 50.2 Å². The molecule has 0 saturated heterocycles. The lowest BCUT2D eigenvalue weighted by Crippen LogP contribution is -2.17. The van der Waals surface area contributed by atoms with Crippen LogP contribution in [0.1, 0.15) is 31.4 Å². The third-order valence-corrected chi connectivity index (χ3v) is 4.36. The van der Waals surface area contributed by atoms with Crippen molar-refractivity contribution < 1.29 is 14.2 Å². The van der Waals surface area contributed by atoms with Crippen LogP contribution in [0.25, 0.3) is 0 Å². The first-order valence-corrected chi connectivity index (χ1v) is 9.81. The second kappa shape index (κ2) is 11.4. The maximum Gasteiger partial charge on any atom is 0.180 e. The summed E-state index contributed by atoms with van der Waals surface area (Å²) in [5, 5.41) is 4.59. The summed E-state index contributed by atoms with van der Waals surface area (Å²) in [5.41, 5.74) is 2.01. The van der Waals surface area contributed by atoms with Crippen LogP contribution < -0.4 is 14.8 Å². The van der Waals surface area contributed by atoms with Crippen molar-refractivity contribution >= 4 is 23.2 Å². The van der Waals surface area contributed by atoms with Gasteiger partial charge in [-0.05, 0) is 62.2 Å². The number of benzene rings is 2. The van der Waals surface area contributed by atoms with Gasteiger partial charge in [-0.15, -0.1) is 0 Å². The Hall–Kier alpha value is -1.46. The van der Waals surface area contributed by atoms with Crippen molar-refractivity contribution in [3.63, 3.8) is 0 Å². The zero-order valence-electron chi connectivity index (χ0n) is 16.1. The molecule has 0 bridgehead atoms. The van der Waals surface area contributed by atoms with Gasteiger partial charge in [-0.25, -0.2) is 0 Å². The fourth-order valence-corrected chi connectivity index (χ4v) is 3.05. The predicted molar refractivity (Wildman–Crippen MR) is 111 cm³/mol. The number of hydrogen-bond donors (Lipinski definition) is 1. The lowest BCUT2D eigenvalue weighted by Gasteiger charge is -2.15. The van der Waals surface area contributed by atoms with Crippen LogP contribution in [0.5, 0.6) is 11.5 Å². The van der Waals surface area contributed by atoms with Gasteiger partial charge in [0, 0.05) is 18.2 Å². The fourth-order valence-electron chi connectivity index (χ4n) is 2.55. The Morgan fingerprint density at radius 1 is 1.07 bits per heavy atom. The molecule has 4 nitrogen and oxygen atoms in total. The van der Waals surface area contributed by atoms with E-state index in [1.165, 1.54) is 0 Å². The molecule has 0 radical (unpaired) electrons. The van der Waals surface area contributed by atoms with Crippen LogP contribution in [0, 0.1) is 0 Å². The number of hydrogen-bond acceptors (Lipinski definition) is 4. The van der Waals surface area contributed by atoms with Crippen molar-refractivity contribution in [1.82, 2.24) is 5.32 Å². The van der Waals surface area contributed by atoms with E-state index in [0.717, 1.165) is 30.7 Å². The average Bonchev–Trinajstić information content (AvgIpc) is 2.63. The molecule has 27 heavy (non-hydrogen) atoms. The molecule has 0 atom stereocenters. The quantitative estimate of drug-likeness (QED) is 0.496. The molecular formula is C21H27Cl2NO3. The van der Waals surface area contributed by atoms with Crippen LogP contribution in [0.15, 0.2) is 36.4 Å². The first kappa shape index (κ1) is 21.8. The van der Waals surface area contributed by atoms with Crippen molar-refractivity contribution in [2.75, 3.05) is 20.3 Å². The maximum absolute atomic E-state index is 6.43. The Morgan fingerprint density at radius 3 is 2.59 bits per heavy atom. The lowest BCUT2D eigenvalue weighted by atomic mass is 10.2. The second-order valence-corrected chi connectivity index (χ2v) is 7.32. The Kier molecular flexibility index (Phi) is 9.22. The van der Waals surface area contributed by atoms with Gasteiger partial charge in [0.25, 0.3) is 0 Å². The molecule has 0 spiro atoms. The van der Waals surface area contributed by atoms with Crippen molar-refractivity contribution in [3.8, 4) is 11.5 Å². The van der Waals surface area contributed by atoms with Crippen LogP contribution in [-0.4, -0.2) is 26.4 Å². The van der Waals surface area contributed by atoms with Gasteiger partial charge in [-0.3, -0.25) is 0 Å². The zero-order valence-corrected chi connectivity index (χ0v) is 17.6. The minimum atomic E-state index is 0.271. The highest BCUT2D eigenvalue weighted by Crippen LogP contribution is 2.37. The molecule has 148 valence electrons. The van der Waals surface area contributed by atoms with Crippen LogP contribution in [0.2, 0.25) is 10.0 Å². The van der Waals surface area contributed by atoms with Crippen molar-refractivity contribution in [3.05, 3.63) is 57.6 Å². The third kappa shape index (κ3) is 7.59. The predicted octanol–water partition coefficient (Wildman–Crippen LogP) is 5.49. The maximum atomic E-state index is 6.43. The highest BCUT2D eigenvalue weighted by molar-refractivity contribution is 6.32. The topological polar surface area (TPSA) is 39.7 Å². The SMILES string of the molecule is COc1cc(CNCCCOC(C)C)cc(Cl)c1OCc1cccc(Cl)c1. The van der Waals surface area contributed by atoms with E-state index < -0.39 is 0 Å². The van der Waals surface area contributed by atoms with Crippen molar-refractivity contribution in [1.29, 1.82) is 0 Å². The number of nitrogens with one attached hydrogen (secondary N) is 1. The summed E-state index contributed by atoms with van der Waals surface area (Å²) in [5.74, 6) is 1.15.